The maximum atomic E-state index is 2.45. The van der Waals surface area contributed by atoms with Gasteiger partial charge in [0.1, 0.15) is 0 Å². The third-order valence-electron chi connectivity index (χ3n) is 12.4. The summed E-state index contributed by atoms with van der Waals surface area (Å²) in [4.78, 5) is 0. The lowest BCUT2D eigenvalue weighted by atomic mass is 9.78. The SMILES string of the molecule is c1ccc(-c2cc3ccc4ccccc4c3c(-c3ccccc3)c2-c2c3ccccc3c(-c3ccc4c5ccccc5c5ccccc5c4c3)c3ccccc23)cc1. The van der Waals surface area contributed by atoms with Gasteiger partial charge in [0.05, 0.1) is 0 Å². The van der Waals surface area contributed by atoms with E-state index in [1.807, 2.05) is 0 Å². The molecular weight excluding hydrogens is 697 g/mol. The first-order valence-electron chi connectivity index (χ1n) is 20.2. The Kier molecular flexibility index (Phi) is 7.33. The highest BCUT2D eigenvalue weighted by Crippen LogP contribution is 2.52. The lowest BCUT2D eigenvalue weighted by Gasteiger charge is -2.24. The maximum absolute atomic E-state index is 2.45. The fraction of sp³-hybridized carbons (Fsp3) is 0. The third-order valence-corrected chi connectivity index (χ3v) is 12.4. The molecule has 0 unspecified atom stereocenters. The molecule has 0 N–H and O–H groups in total. The highest BCUT2D eigenvalue weighted by molar-refractivity contribution is 6.30. The number of fused-ring (bicyclic) bond motifs is 11. The van der Waals surface area contributed by atoms with Crippen LogP contribution in [0.15, 0.2) is 218 Å². The van der Waals surface area contributed by atoms with E-state index >= 15 is 0 Å². The molecule has 0 aliphatic heterocycles. The van der Waals surface area contributed by atoms with E-state index in [-0.39, 0.29) is 0 Å². The molecule has 268 valence electrons. The molecule has 12 aromatic rings. The minimum atomic E-state index is 1.20. The van der Waals surface area contributed by atoms with Crippen LogP contribution >= 0.6 is 0 Å². The molecule has 0 saturated heterocycles. The highest BCUT2D eigenvalue weighted by atomic mass is 14.3. The summed E-state index contributed by atoms with van der Waals surface area (Å²) in [6.07, 6.45) is 0. The zero-order valence-corrected chi connectivity index (χ0v) is 31.8. The minimum absolute atomic E-state index is 1.20. The van der Waals surface area contributed by atoms with Crippen molar-refractivity contribution in [2.24, 2.45) is 0 Å². The van der Waals surface area contributed by atoms with Crippen LogP contribution < -0.4 is 0 Å². The standard InChI is InChI=1S/C58H36/c1-3-17-37(18-4-1)52-35-41-32-31-38-19-7-8-22-42(38)55(41)56(39-20-5-2-6-21-39)58(52)57-50-29-15-13-27-48(50)54(49-28-14-16-30-51(49)57)40-33-34-47-45-25-10-9-23-43(45)44-24-11-12-26-46(44)53(47)36-40/h1-36H. The van der Waals surface area contributed by atoms with E-state index < -0.39 is 0 Å². The van der Waals surface area contributed by atoms with Gasteiger partial charge in [-0.05, 0) is 132 Å². The molecular formula is C58H36. The van der Waals surface area contributed by atoms with Crippen molar-refractivity contribution in [2.75, 3.05) is 0 Å². The van der Waals surface area contributed by atoms with Crippen LogP contribution in [0.2, 0.25) is 0 Å². The van der Waals surface area contributed by atoms with Gasteiger partial charge in [0.15, 0.2) is 0 Å². The van der Waals surface area contributed by atoms with Crippen LogP contribution in [0.4, 0.5) is 0 Å². The van der Waals surface area contributed by atoms with Crippen molar-refractivity contribution in [3.63, 3.8) is 0 Å². The fourth-order valence-electron chi connectivity index (χ4n) is 9.95. The molecule has 0 heteroatoms. The summed E-state index contributed by atoms with van der Waals surface area (Å²) in [5, 5.41) is 17.7. The normalized spacial score (nSPS) is 11.8. The molecule has 0 nitrogen and oxygen atoms in total. The van der Waals surface area contributed by atoms with Gasteiger partial charge < -0.3 is 0 Å². The third kappa shape index (κ3) is 4.89. The zero-order chi connectivity index (χ0) is 38.2. The molecule has 0 bridgehead atoms. The van der Waals surface area contributed by atoms with Gasteiger partial charge in [0.2, 0.25) is 0 Å². The average Bonchev–Trinajstić information content (AvgIpc) is 3.30. The van der Waals surface area contributed by atoms with Gasteiger partial charge >= 0.3 is 0 Å². The lowest BCUT2D eigenvalue weighted by Crippen LogP contribution is -1.97. The van der Waals surface area contributed by atoms with Crippen molar-refractivity contribution in [1.29, 1.82) is 0 Å². The zero-order valence-electron chi connectivity index (χ0n) is 31.8. The number of hydrogen-bond donors (Lipinski definition) is 0. The molecule has 0 amide bonds. The van der Waals surface area contributed by atoms with Crippen molar-refractivity contribution < 1.29 is 0 Å². The maximum Gasteiger partial charge on any atom is -0.000764 e. The van der Waals surface area contributed by atoms with Gasteiger partial charge in [-0.25, -0.2) is 0 Å². The first-order valence-corrected chi connectivity index (χ1v) is 20.2. The second-order valence-electron chi connectivity index (χ2n) is 15.5. The Balaban J connectivity index is 1.26. The molecule has 0 aliphatic rings. The first-order chi connectivity index (χ1) is 28.8. The molecule has 0 radical (unpaired) electrons. The van der Waals surface area contributed by atoms with E-state index in [4.69, 9.17) is 0 Å². The van der Waals surface area contributed by atoms with Gasteiger partial charge in [-0.1, -0.05) is 206 Å². The molecule has 0 heterocycles. The van der Waals surface area contributed by atoms with Crippen molar-refractivity contribution in [3.05, 3.63) is 218 Å². The Morgan fingerprint density at radius 3 is 1.21 bits per heavy atom. The predicted molar refractivity (Wildman–Crippen MR) is 251 cm³/mol. The highest BCUT2D eigenvalue weighted by Gasteiger charge is 2.25. The molecule has 12 aromatic carbocycles. The van der Waals surface area contributed by atoms with Crippen LogP contribution in [-0.2, 0) is 0 Å². The van der Waals surface area contributed by atoms with Gasteiger partial charge in [-0.3, -0.25) is 0 Å². The van der Waals surface area contributed by atoms with Crippen molar-refractivity contribution in [2.45, 2.75) is 0 Å². The monoisotopic (exact) mass is 732 g/mol. The largest absolute Gasteiger partial charge is 0.0622 e. The van der Waals surface area contributed by atoms with Gasteiger partial charge in [-0.2, -0.15) is 0 Å². The van der Waals surface area contributed by atoms with E-state index in [9.17, 15) is 0 Å². The molecule has 12 rings (SSSR count). The summed E-state index contributed by atoms with van der Waals surface area (Å²) in [5.74, 6) is 0. The molecule has 0 fully saturated rings. The number of benzene rings is 12. The van der Waals surface area contributed by atoms with Crippen molar-refractivity contribution in [1.82, 2.24) is 0 Å². The van der Waals surface area contributed by atoms with E-state index in [2.05, 4.69) is 218 Å². The Morgan fingerprint density at radius 2 is 0.621 bits per heavy atom. The van der Waals surface area contributed by atoms with Gasteiger partial charge in [0, 0.05) is 0 Å². The number of hydrogen-bond acceptors (Lipinski definition) is 0. The minimum Gasteiger partial charge on any atom is -0.0622 e. The summed E-state index contributed by atoms with van der Waals surface area (Å²) in [6.45, 7) is 0. The molecule has 0 spiro atoms. The second kappa shape index (κ2) is 13.0. The Bertz CT molecular complexity index is 3500. The Hall–Kier alpha value is -7.54. The lowest BCUT2D eigenvalue weighted by molar-refractivity contribution is 1.61. The van der Waals surface area contributed by atoms with Gasteiger partial charge in [0.25, 0.3) is 0 Å². The average molecular weight is 733 g/mol. The fourth-order valence-corrected chi connectivity index (χ4v) is 9.95. The van der Waals surface area contributed by atoms with E-state index in [0.717, 1.165) is 0 Å². The molecule has 0 atom stereocenters. The predicted octanol–water partition coefficient (Wildman–Crippen LogP) is 16.4. The summed E-state index contributed by atoms with van der Waals surface area (Å²) < 4.78 is 0. The Morgan fingerprint density at radius 1 is 0.190 bits per heavy atom. The van der Waals surface area contributed by atoms with Crippen molar-refractivity contribution >= 4 is 75.4 Å². The van der Waals surface area contributed by atoms with E-state index in [1.165, 1.54) is 120 Å². The molecule has 0 aliphatic carbocycles. The van der Waals surface area contributed by atoms with Crippen LogP contribution in [0.1, 0.15) is 0 Å². The van der Waals surface area contributed by atoms with Crippen molar-refractivity contribution in [3.8, 4) is 44.5 Å². The Labute approximate surface area is 336 Å². The van der Waals surface area contributed by atoms with Crippen LogP contribution in [0.5, 0.6) is 0 Å². The second-order valence-corrected chi connectivity index (χ2v) is 15.5. The first kappa shape index (κ1) is 32.7. The van der Waals surface area contributed by atoms with Crippen LogP contribution in [0.25, 0.3) is 120 Å². The van der Waals surface area contributed by atoms with E-state index in [0.29, 0.717) is 0 Å². The van der Waals surface area contributed by atoms with Crippen LogP contribution in [0, 0.1) is 0 Å². The van der Waals surface area contributed by atoms with E-state index in [1.54, 1.807) is 0 Å². The summed E-state index contributed by atoms with van der Waals surface area (Å²) in [7, 11) is 0. The molecule has 0 aromatic heterocycles. The topological polar surface area (TPSA) is 0 Å². The molecule has 58 heavy (non-hydrogen) atoms. The van der Waals surface area contributed by atoms with Gasteiger partial charge in [-0.15, -0.1) is 0 Å². The van der Waals surface area contributed by atoms with Crippen LogP contribution in [0.3, 0.4) is 0 Å². The number of rotatable bonds is 4. The smallest absolute Gasteiger partial charge is 0.000764 e. The molecule has 0 saturated carbocycles. The summed E-state index contributed by atoms with van der Waals surface area (Å²) in [6, 6.07) is 81.0. The quantitative estimate of drug-likeness (QED) is 0.125. The summed E-state index contributed by atoms with van der Waals surface area (Å²) >= 11 is 0. The summed E-state index contributed by atoms with van der Waals surface area (Å²) in [5.41, 5.74) is 9.93. The van der Waals surface area contributed by atoms with Crippen LogP contribution in [-0.4, -0.2) is 0 Å².